The predicted molar refractivity (Wildman–Crippen MR) is 110 cm³/mol. The van der Waals surface area contributed by atoms with Gasteiger partial charge in [-0.3, -0.25) is 4.79 Å². The van der Waals surface area contributed by atoms with Gasteiger partial charge in [-0.2, -0.15) is 4.31 Å². The van der Waals surface area contributed by atoms with Crippen LogP contribution in [0, 0.1) is 11.8 Å². The summed E-state index contributed by atoms with van der Waals surface area (Å²) in [4.78, 5) is 12.5. The Morgan fingerprint density at radius 3 is 2.46 bits per heavy atom. The Morgan fingerprint density at radius 1 is 1.27 bits per heavy atom. The molecule has 1 fully saturated rings. The lowest BCUT2D eigenvalue weighted by Gasteiger charge is -2.30. The Balaban J connectivity index is 1.81. The van der Waals surface area contributed by atoms with Crippen molar-refractivity contribution in [1.82, 2.24) is 9.62 Å². The van der Waals surface area contributed by atoms with Crippen LogP contribution in [0.2, 0.25) is 0 Å². The molecule has 26 heavy (non-hydrogen) atoms. The van der Waals surface area contributed by atoms with Crippen LogP contribution in [0.25, 0.3) is 0 Å². The molecule has 1 unspecified atom stereocenters. The third-order valence-corrected chi connectivity index (χ3v) is 8.76. The number of halogens is 1. The molecule has 1 amide bonds. The number of piperidine rings is 1. The van der Waals surface area contributed by atoms with Crippen molar-refractivity contribution in [3.63, 3.8) is 0 Å². The van der Waals surface area contributed by atoms with Crippen LogP contribution in [0.1, 0.15) is 52.9 Å². The molecule has 1 aromatic heterocycles. The maximum atomic E-state index is 12.6. The summed E-state index contributed by atoms with van der Waals surface area (Å²) in [5.41, 5.74) is 0. The largest absolute Gasteiger partial charge is 0.353 e. The molecular formula is C18H29BrN2O3S2. The normalized spacial score (nSPS) is 18.2. The van der Waals surface area contributed by atoms with Gasteiger partial charge in [-0.25, -0.2) is 8.42 Å². The van der Waals surface area contributed by atoms with Gasteiger partial charge in [0.15, 0.2) is 0 Å². The highest BCUT2D eigenvalue weighted by molar-refractivity contribution is 9.11. The number of rotatable bonds is 8. The molecule has 1 aromatic rings. The third-order valence-electron chi connectivity index (χ3n) is 4.77. The fourth-order valence-corrected chi connectivity index (χ4v) is 6.82. The van der Waals surface area contributed by atoms with Crippen molar-refractivity contribution < 1.29 is 13.2 Å². The smallest absolute Gasteiger partial charge is 0.252 e. The predicted octanol–water partition coefficient (Wildman–Crippen LogP) is 4.24. The van der Waals surface area contributed by atoms with Gasteiger partial charge in [-0.05, 0) is 60.2 Å². The summed E-state index contributed by atoms with van der Waals surface area (Å²) in [7, 11) is -3.44. The van der Waals surface area contributed by atoms with E-state index >= 15 is 0 Å². The molecule has 8 heteroatoms. The second-order valence-corrected chi connectivity index (χ2v) is 12.1. The van der Waals surface area contributed by atoms with Gasteiger partial charge in [0.25, 0.3) is 10.0 Å². The second kappa shape index (κ2) is 9.66. The van der Waals surface area contributed by atoms with E-state index in [1.807, 2.05) is 6.92 Å². The first kappa shape index (κ1) is 21.9. The first-order chi connectivity index (χ1) is 12.2. The molecule has 1 aliphatic rings. The van der Waals surface area contributed by atoms with Gasteiger partial charge in [-0.1, -0.05) is 26.7 Å². The molecule has 0 bridgehead atoms. The van der Waals surface area contributed by atoms with Crippen LogP contribution in [0.3, 0.4) is 0 Å². The van der Waals surface area contributed by atoms with Crippen LogP contribution in [-0.4, -0.2) is 37.8 Å². The first-order valence-electron chi connectivity index (χ1n) is 9.26. The lowest BCUT2D eigenvalue weighted by atomic mass is 9.96. The highest BCUT2D eigenvalue weighted by atomic mass is 79.9. The zero-order valence-electron chi connectivity index (χ0n) is 15.7. The van der Waals surface area contributed by atoms with E-state index in [4.69, 9.17) is 0 Å². The lowest BCUT2D eigenvalue weighted by Crippen LogP contribution is -2.44. The number of sulfonamides is 1. The van der Waals surface area contributed by atoms with E-state index in [1.54, 1.807) is 12.1 Å². The van der Waals surface area contributed by atoms with Crippen molar-refractivity contribution in [2.75, 3.05) is 13.1 Å². The molecule has 0 saturated carbocycles. The average Bonchev–Trinajstić information content (AvgIpc) is 3.02. The Labute approximate surface area is 169 Å². The van der Waals surface area contributed by atoms with Gasteiger partial charge in [0.05, 0.1) is 3.79 Å². The van der Waals surface area contributed by atoms with Crippen LogP contribution in [0.4, 0.5) is 0 Å². The number of hydrogen-bond donors (Lipinski definition) is 1. The lowest BCUT2D eigenvalue weighted by molar-refractivity contribution is -0.126. The highest BCUT2D eigenvalue weighted by Gasteiger charge is 2.33. The molecule has 148 valence electrons. The molecule has 1 saturated heterocycles. The van der Waals surface area contributed by atoms with E-state index in [-0.39, 0.29) is 17.9 Å². The monoisotopic (exact) mass is 464 g/mol. The van der Waals surface area contributed by atoms with Gasteiger partial charge >= 0.3 is 0 Å². The summed E-state index contributed by atoms with van der Waals surface area (Å²) in [6.07, 6.45) is 4.44. The van der Waals surface area contributed by atoms with Crippen molar-refractivity contribution in [3.8, 4) is 0 Å². The number of carbonyl (C=O) groups is 1. The van der Waals surface area contributed by atoms with E-state index in [0.717, 1.165) is 16.6 Å². The van der Waals surface area contributed by atoms with Crippen LogP contribution in [0.15, 0.2) is 20.1 Å². The first-order valence-corrected chi connectivity index (χ1v) is 12.3. The van der Waals surface area contributed by atoms with Crippen LogP contribution in [-0.2, 0) is 14.8 Å². The van der Waals surface area contributed by atoms with Crippen LogP contribution in [0.5, 0.6) is 0 Å². The molecule has 0 radical (unpaired) electrons. The molecule has 0 aliphatic carbocycles. The van der Waals surface area contributed by atoms with Crippen LogP contribution < -0.4 is 5.32 Å². The van der Waals surface area contributed by atoms with Gasteiger partial charge in [0.2, 0.25) is 5.91 Å². The van der Waals surface area contributed by atoms with E-state index in [1.165, 1.54) is 22.1 Å². The molecule has 0 aromatic carbocycles. The zero-order chi connectivity index (χ0) is 19.3. The van der Waals surface area contributed by atoms with Gasteiger partial charge < -0.3 is 5.32 Å². The fourth-order valence-electron chi connectivity index (χ4n) is 3.19. The summed E-state index contributed by atoms with van der Waals surface area (Å²) in [6.45, 7) is 7.27. The van der Waals surface area contributed by atoms with Crippen molar-refractivity contribution in [3.05, 3.63) is 15.9 Å². The van der Waals surface area contributed by atoms with Crippen molar-refractivity contribution in [2.45, 2.75) is 63.1 Å². The number of thiophene rings is 1. The van der Waals surface area contributed by atoms with E-state index in [0.29, 0.717) is 36.1 Å². The Bertz CT molecular complexity index is 695. The quantitative estimate of drug-likeness (QED) is 0.625. The number of amides is 1. The molecular weight excluding hydrogens is 436 g/mol. The summed E-state index contributed by atoms with van der Waals surface area (Å²) in [5.74, 6) is 0.662. The number of nitrogens with zero attached hydrogens (tertiary/aromatic N) is 1. The topological polar surface area (TPSA) is 66.5 Å². The summed E-state index contributed by atoms with van der Waals surface area (Å²) >= 11 is 4.53. The van der Waals surface area contributed by atoms with E-state index < -0.39 is 10.0 Å². The summed E-state index contributed by atoms with van der Waals surface area (Å²) < 4.78 is 27.9. The molecule has 1 N–H and O–H groups in total. The van der Waals surface area contributed by atoms with Gasteiger partial charge in [0.1, 0.15) is 4.21 Å². The number of hydrogen-bond acceptors (Lipinski definition) is 4. The minimum atomic E-state index is -3.44. The second-order valence-electron chi connectivity index (χ2n) is 7.47. The molecule has 2 heterocycles. The van der Waals surface area contributed by atoms with Crippen molar-refractivity contribution >= 4 is 43.2 Å². The Morgan fingerprint density at radius 2 is 1.92 bits per heavy atom. The van der Waals surface area contributed by atoms with Gasteiger partial charge in [0, 0.05) is 25.0 Å². The molecule has 2 rings (SSSR count). The molecule has 1 atom stereocenters. The minimum absolute atomic E-state index is 0.0676. The standard InChI is InChI=1S/C18H29BrN2O3S2/c1-13(2)5-4-6-14(3)20-18(22)15-9-11-21(12-10-15)26(23,24)17-8-7-16(19)25-17/h7-8,13-15H,4-6,9-12H2,1-3H3,(H,20,22). The Hall–Kier alpha value is -0.440. The SMILES string of the molecule is CC(C)CCCC(C)NC(=O)C1CCN(S(=O)(=O)c2ccc(Br)s2)CC1. The third kappa shape index (κ3) is 6.04. The summed E-state index contributed by atoms with van der Waals surface area (Å²) in [5, 5.41) is 3.10. The molecule has 0 spiro atoms. The Kier molecular flexibility index (Phi) is 8.12. The minimum Gasteiger partial charge on any atom is -0.353 e. The maximum Gasteiger partial charge on any atom is 0.252 e. The van der Waals surface area contributed by atoms with E-state index in [2.05, 4.69) is 35.1 Å². The molecule has 5 nitrogen and oxygen atoms in total. The number of nitrogens with one attached hydrogen (secondary N) is 1. The molecule has 1 aliphatic heterocycles. The van der Waals surface area contributed by atoms with E-state index in [9.17, 15) is 13.2 Å². The summed E-state index contributed by atoms with van der Waals surface area (Å²) in [6, 6.07) is 3.55. The highest BCUT2D eigenvalue weighted by Crippen LogP contribution is 2.30. The van der Waals surface area contributed by atoms with Crippen LogP contribution >= 0.6 is 27.3 Å². The van der Waals surface area contributed by atoms with Gasteiger partial charge in [-0.15, -0.1) is 11.3 Å². The average molecular weight is 465 g/mol. The maximum absolute atomic E-state index is 12.6. The zero-order valence-corrected chi connectivity index (χ0v) is 18.9. The number of carbonyl (C=O) groups excluding carboxylic acids is 1. The fraction of sp³-hybridized carbons (Fsp3) is 0.722. The van der Waals surface area contributed by atoms with Crippen molar-refractivity contribution in [2.24, 2.45) is 11.8 Å². The van der Waals surface area contributed by atoms with Crippen molar-refractivity contribution in [1.29, 1.82) is 0 Å².